The van der Waals surface area contributed by atoms with Gasteiger partial charge in [-0.05, 0) is 70.9 Å². The minimum atomic E-state index is -0.531. The summed E-state index contributed by atoms with van der Waals surface area (Å²) in [5, 5.41) is 6.07. The quantitative estimate of drug-likeness (QED) is 0.161. The number of hydrogen-bond donors (Lipinski definition) is 1. The summed E-state index contributed by atoms with van der Waals surface area (Å²) < 4.78 is 21.3. The van der Waals surface area contributed by atoms with Crippen molar-refractivity contribution in [1.29, 1.82) is 0 Å². The van der Waals surface area contributed by atoms with E-state index < -0.39 is 5.97 Å². The topological polar surface area (TPSA) is 95.5 Å². The van der Waals surface area contributed by atoms with Crippen LogP contribution in [0, 0.1) is 0 Å². The van der Waals surface area contributed by atoms with E-state index in [1.807, 2.05) is 42.5 Å². The summed E-state index contributed by atoms with van der Waals surface area (Å²) >= 11 is 0. The van der Waals surface area contributed by atoms with Crippen LogP contribution in [0.3, 0.4) is 0 Å². The molecule has 0 aromatic heterocycles. The molecule has 0 radical (unpaired) electrons. The maximum Gasteiger partial charge on any atom is 0.343 e. The Labute approximate surface area is 208 Å². The van der Waals surface area contributed by atoms with Gasteiger partial charge in [-0.15, -0.1) is 0 Å². The Hall–Kier alpha value is -4.85. The molecule has 0 spiro atoms. The first-order chi connectivity index (χ1) is 17.6. The van der Waals surface area contributed by atoms with Gasteiger partial charge in [0.15, 0.2) is 18.1 Å². The summed E-state index contributed by atoms with van der Waals surface area (Å²) in [5.41, 5.74) is 3.46. The van der Waals surface area contributed by atoms with Gasteiger partial charge in [0.1, 0.15) is 11.5 Å². The van der Waals surface area contributed by atoms with Gasteiger partial charge in [0.2, 0.25) is 0 Å². The van der Waals surface area contributed by atoms with Crippen molar-refractivity contribution in [3.05, 3.63) is 96.1 Å². The van der Waals surface area contributed by atoms with Crippen LogP contribution in [0.25, 0.3) is 10.8 Å². The van der Waals surface area contributed by atoms with Crippen LogP contribution in [-0.4, -0.2) is 38.9 Å². The second-order valence-electron chi connectivity index (χ2n) is 7.62. The number of esters is 1. The molecule has 0 saturated carbocycles. The Kier molecular flexibility index (Phi) is 7.77. The van der Waals surface area contributed by atoms with E-state index in [2.05, 4.69) is 10.5 Å². The van der Waals surface area contributed by atoms with Crippen LogP contribution in [0.2, 0.25) is 0 Å². The van der Waals surface area contributed by atoms with Gasteiger partial charge in [0.05, 0.1) is 26.0 Å². The fourth-order valence-electron chi connectivity index (χ4n) is 3.37. The molecule has 0 aliphatic rings. The monoisotopic (exact) mass is 484 g/mol. The third kappa shape index (κ3) is 6.18. The maximum atomic E-state index is 12.4. The van der Waals surface area contributed by atoms with Crippen molar-refractivity contribution in [1.82, 2.24) is 5.43 Å². The van der Waals surface area contributed by atoms with Gasteiger partial charge < -0.3 is 18.9 Å². The van der Waals surface area contributed by atoms with Gasteiger partial charge in [-0.1, -0.05) is 30.3 Å². The third-order valence-corrected chi connectivity index (χ3v) is 5.20. The molecule has 4 aromatic rings. The largest absolute Gasteiger partial charge is 0.493 e. The highest BCUT2D eigenvalue weighted by molar-refractivity contribution is 5.92. The molecule has 0 saturated heterocycles. The Morgan fingerprint density at radius 3 is 2.28 bits per heavy atom. The zero-order valence-corrected chi connectivity index (χ0v) is 19.8. The van der Waals surface area contributed by atoms with Gasteiger partial charge >= 0.3 is 5.97 Å². The van der Waals surface area contributed by atoms with Crippen LogP contribution in [0.1, 0.15) is 15.9 Å². The predicted octanol–water partition coefficient (Wildman–Crippen LogP) is 4.61. The number of hydrazone groups is 1. The van der Waals surface area contributed by atoms with Crippen LogP contribution in [-0.2, 0) is 4.79 Å². The highest BCUT2D eigenvalue weighted by atomic mass is 16.5. The minimum Gasteiger partial charge on any atom is -0.493 e. The molecule has 1 amide bonds. The van der Waals surface area contributed by atoms with Crippen molar-refractivity contribution in [2.24, 2.45) is 5.10 Å². The van der Waals surface area contributed by atoms with Gasteiger partial charge in [-0.2, -0.15) is 5.10 Å². The van der Waals surface area contributed by atoms with Crippen LogP contribution in [0.15, 0.2) is 90.0 Å². The second-order valence-corrected chi connectivity index (χ2v) is 7.62. The van der Waals surface area contributed by atoms with Crippen molar-refractivity contribution < 1.29 is 28.5 Å². The summed E-state index contributed by atoms with van der Waals surface area (Å²) in [6.45, 7) is -0.166. The number of carbonyl (C=O) groups excluding carboxylic acids is 2. The van der Waals surface area contributed by atoms with E-state index in [-0.39, 0.29) is 12.5 Å². The first kappa shape index (κ1) is 24.3. The number of nitrogens with one attached hydrogen (secondary N) is 1. The lowest BCUT2D eigenvalue weighted by Crippen LogP contribution is -2.24. The number of amides is 1. The summed E-state index contributed by atoms with van der Waals surface area (Å²) in [6.07, 6.45) is 1.48. The van der Waals surface area contributed by atoms with Gasteiger partial charge in [-0.3, -0.25) is 4.79 Å². The molecular formula is C28H24N2O6. The van der Waals surface area contributed by atoms with E-state index in [1.54, 1.807) is 42.5 Å². The summed E-state index contributed by atoms with van der Waals surface area (Å²) in [4.78, 5) is 24.5. The molecule has 8 heteroatoms. The van der Waals surface area contributed by atoms with Crippen molar-refractivity contribution in [2.75, 3.05) is 20.8 Å². The molecule has 36 heavy (non-hydrogen) atoms. The van der Waals surface area contributed by atoms with Crippen LogP contribution in [0.5, 0.6) is 23.0 Å². The normalized spacial score (nSPS) is 10.7. The van der Waals surface area contributed by atoms with E-state index in [1.165, 1.54) is 20.4 Å². The Morgan fingerprint density at radius 1 is 0.806 bits per heavy atom. The number of fused-ring (bicyclic) bond motifs is 1. The first-order valence-corrected chi connectivity index (χ1v) is 11.0. The maximum absolute atomic E-state index is 12.4. The van der Waals surface area contributed by atoms with Gasteiger partial charge in [0.25, 0.3) is 5.91 Å². The Balaban J connectivity index is 1.26. The Bertz CT molecular complexity index is 1400. The van der Waals surface area contributed by atoms with E-state index in [0.717, 1.165) is 10.8 Å². The van der Waals surface area contributed by atoms with E-state index in [0.29, 0.717) is 34.1 Å². The fourth-order valence-corrected chi connectivity index (χ4v) is 3.37. The molecule has 0 atom stereocenters. The first-order valence-electron chi connectivity index (χ1n) is 11.0. The standard InChI is InChI=1S/C28H24N2O6/c1-33-25-14-10-22(16-26(25)34-2)28(32)36-23-11-7-19(8-12-23)17-29-30-27(31)18-35-24-13-9-20-5-3-4-6-21(20)15-24/h3-17H,18H2,1-2H3,(H,30,31)/b29-17+. The van der Waals surface area contributed by atoms with Gasteiger partial charge in [-0.25, -0.2) is 10.2 Å². The molecule has 0 aliphatic carbocycles. The lowest BCUT2D eigenvalue weighted by atomic mass is 10.1. The Morgan fingerprint density at radius 2 is 1.53 bits per heavy atom. The number of methoxy groups -OCH3 is 2. The van der Waals surface area contributed by atoms with Gasteiger partial charge in [0, 0.05) is 0 Å². The van der Waals surface area contributed by atoms with Crippen LogP contribution < -0.4 is 24.4 Å². The number of hydrogen-bond acceptors (Lipinski definition) is 7. The molecule has 0 bridgehead atoms. The summed E-state index contributed by atoms with van der Waals surface area (Å²) in [6, 6.07) is 25.0. The molecule has 0 unspecified atom stereocenters. The average Bonchev–Trinajstić information content (AvgIpc) is 2.92. The molecule has 4 aromatic carbocycles. The summed E-state index contributed by atoms with van der Waals surface area (Å²) in [5.74, 6) is 0.995. The molecule has 8 nitrogen and oxygen atoms in total. The summed E-state index contributed by atoms with van der Waals surface area (Å²) in [7, 11) is 3.01. The van der Waals surface area contributed by atoms with Crippen molar-refractivity contribution in [2.45, 2.75) is 0 Å². The third-order valence-electron chi connectivity index (χ3n) is 5.20. The highest BCUT2D eigenvalue weighted by Gasteiger charge is 2.13. The molecular weight excluding hydrogens is 460 g/mol. The smallest absolute Gasteiger partial charge is 0.343 e. The lowest BCUT2D eigenvalue weighted by molar-refractivity contribution is -0.123. The van der Waals surface area contributed by atoms with Crippen molar-refractivity contribution in [3.63, 3.8) is 0 Å². The number of nitrogens with zero attached hydrogens (tertiary/aromatic N) is 1. The number of ether oxygens (including phenoxy) is 4. The van der Waals surface area contributed by atoms with E-state index in [4.69, 9.17) is 18.9 Å². The molecule has 0 heterocycles. The zero-order chi connectivity index (χ0) is 25.3. The van der Waals surface area contributed by atoms with Crippen LogP contribution >= 0.6 is 0 Å². The average molecular weight is 485 g/mol. The number of carbonyl (C=O) groups is 2. The van der Waals surface area contributed by atoms with Crippen molar-refractivity contribution in [3.8, 4) is 23.0 Å². The molecule has 0 fully saturated rings. The molecule has 4 rings (SSSR count). The predicted molar refractivity (Wildman–Crippen MR) is 136 cm³/mol. The number of rotatable bonds is 9. The van der Waals surface area contributed by atoms with Crippen molar-refractivity contribution >= 4 is 28.9 Å². The molecule has 182 valence electrons. The fraction of sp³-hybridized carbons (Fsp3) is 0.107. The van der Waals surface area contributed by atoms with E-state index >= 15 is 0 Å². The minimum absolute atomic E-state index is 0.166. The SMILES string of the molecule is COc1ccc(C(=O)Oc2ccc(/C=N/NC(=O)COc3ccc4ccccc4c3)cc2)cc1OC. The highest BCUT2D eigenvalue weighted by Crippen LogP contribution is 2.28. The molecule has 1 N–H and O–H groups in total. The zero-order valence-electron chi connectivity index (χ0n) is 19.8. The second kappa shape index (κ2) is 11.5. The molecule has 0 aliphatic heterocycles. The lowest BCUT2D eigenvalue weighted by Gasteiger charge is -2.09. The number of benzene rings is 4. The van der Waals surface area contributed by atoms with Crippen LogP contribution in [0.4, 0.5) is 0 Å². The van der Waals surface area contributed by atoms with E-state index in [9.17, 15) is 9.59 Å².